The average molecular weight is 416 g/mol. The van der Waals surface area contributed by atoms with Crippen LogP contribution in [-0.4, -0.2) is 60.9 Å². The van der Waals surface area contributed by atoms with E-state index in [1.807, 2.05) is 41.8 Å². The summed E-state index contributed by atoms with van der Waals surface area (Å²) in [6.07, 6.45) is 0. The first kappa shape index (κ1) is 21.9. The number of halogens is 2. The molecule has 1 aliphatic heterocycles. The summed E-state index contributed by atoms with van der Waals surface area (Å²) >= 11 is 0. The van der Waals surface area contributed by atoms with Crippen LogP contribution in [0.1, 0.15) is 11.1 Å². The van der Waals surface area contributed by atoms with Crippen LogP contribution in [-0.2, 0) is 9.59 Å². The Hall–Kier alpha value is -2.84. The SMILES string of the molecule is Cc1cccc(C)c1NC(=O)CN1CCN(CC(=O)Nc2c(F)cccc2F)CC1. The fraction of sp³-hybridized carbons (Fsp3) is 0.364. The van der Waals surface area contributed by atoms with E-state index in [1.165, 1.54) is 6.07 Å². The van der Waals surface area contributed by atoms with Crippen molar-refractivity contribution < 1.29 is 18.4 Å². The molecule has 0 aromatic heterocycles. The Bertz CT molecular complexity index is 811. The quantitative estimate of drug-likeness (QED) is 0.760. The molecule has 30 heavy (non-hydrogen) atoms. The van der Waals surface area contributed by atoms with Crippen LogP contribution in [0.4, 0.5) is 20.2 Å². The van der Waals surface area contributed by atoms with E-state index in [-0.39, 0.29) is 19.0 Å². The van der Waals surface area contributed by atoms with Crippen molar-refractivity contribution in [2.45, 2.75) is 13.8 Å². The third-order valence-corrected chi connectivity index (χ3v) is 5.17. The minimum atomic E-state index is -0.803. The summed E-state index contributed by atoms with van der Waals surface area (Å²) in [7, 11) is 0. The summed E-state index contributed by atoms with van der Waals surface area (Å²) in [6, 6.07) is 9.31. The molecule has 1 heterocycles. The number of nitrogens with one attached hydrogen (secondary N) is 2. The number of nitrogens with zero attached hydrogens (tertiary/aromatic N) is 2. The number of aryl methyl sites for hydroxylation is 2. The Morgan fingerprint density at radius 3 is 1.63 bits per heavy atom. The number of para-hydroxylation sites is 2. The zero-order valence-corrected chi connectivity index (χ0v) is 17.2. The maximum absolute atomic E-state index is 13.7. The minimum Gasteiger partial charge on any atom is -0.324 e. The largest absolute Gasteiger partial charge is 0.324 e. The lowest BCUT2D eigenvalue weighted by molar-refractivity contribution is -0.120. The van der Waals surface area contributed by atoms with Crippen molar-refractivity contribution >= 4 is 23.2 Å². The van der Waals surface area contributed by atoms with Gasteiger partial charge in [0.15, 0.2) is 0 Å². The Labute approximate surface area is 174 Å². The highest BCUT2D eigenvalue weighted by molar-refractivity contribution is 5.94. The molecule has 2 amide bonds. The van der Waals surface area contributed by atoms with Gasteiger partial charge in [0, 0.05) is 31.9 Å². The van der Waals surface area contributed by atoms with Crippen molar-refractivity contribution in [2.75, 3.05) is 49.9 Å². The Balaban J connectivity index is 1.44. The molecule has 0 spiro atoms. The third-order valence-electron chi connectivity index (χ3n) is 5.17. The van der Waals surface area contributed by atoms with Gasteiger partial charge in [-0.2, -0.15) is 0 Å². The first-order valence-electron chi connectivity index (χ1n) is 9.88. The molecule has 0 atom stereocenters. The lowest BCUT2D eigenvalue weighted by atomic mass is 10.1. The van der Waals surface area contributed by atoms with Crippen LogP contribution in [0, 0.1) is 25.5 Å². The van der Waals surface area contributed by atoms with Gasteiger partial charge in [0.1, 0.15) is 17.3 Å². The summed E-state index contributed by atoms with van der Waals surface area (Å²) in [5, 5.41) is 5.28. The molecule has 2 aromatic rings. The molecule has 6 nitrogen and oxygen atoms in total. The smallest absolute Gasteiger partial charge is 0.238 e. The van der Waals surface area contributed by atoms with E-state index in [1.54, 1.807) is 0 Å². The molecule has 0 radical (unpaired) electrons. The number of amides is 2. The van der Waals surface area contributed by atoms with Crippen LogP contribution in [0.15, 0.2) is 36.4 Å². The van der Waals surface area contributed by atoms with E-state index in [4.69, 9.17) is 0 Å². The molecule has 8 heteroatoms. The van der Waals surface area contributed by atoms with Gasteiger partial charge in [0.2, 0.25) is 11.8 Å². The minimum absolute atomic E-state index is 0.0379. The second kappa shape index (κ2) is 9.77. The van der Waals surface area contributed by atoms with E-state index >= 15 is 0 Å². The number of carbonyl (C=O) groups excluding carboxylic acids is 2. The summed E-state index contributed by atoms with van der Waals surface area (Å²) < 4.78 is 27.3. The molecule has 2 aromatic carbocycles. The zero-order valence-electron chi connectivity index (χ0n) is 17.2. The molecule has 0 aliphatic carbocycles. The van der Waals surface area contributed by atoms with E-state index in [0.29, 0.717) is 26.2 Å². The van der Waals surface area contributed by atoms with Gasteiger partial charge in [0.25, 0.3) is 0 Å². The Kier molecular flexibility index (Phi) is 7.12. The van der Waals surface area contributed by atoms with Gasteiger partial charge in [-0.15, -0.1) is 0 Å². The molecular formula is C22H26F2N4O2. The first-order valence-corrected chi connectivity index (χ1v) is 9.88. The van der Waals surface area contributed by atoms with E-state index in [0.717, 1.165) is 28.9 Å². The van der Waals surface area contributed by atoms with Gasteiger partial charge < -0.3 is 10.6 Å². The van der Waals surface area contributed by atoms with Crippen LogP contribution in [0.2, 0.25) is 0 Å². The standard InChI is InChI=1S/C22H26F2N4O2/c1-15-5-3-6-16(2)21(15)25-19(29)13-27-9-11-28(12-10-27)14-20(30)26-22-17(23)7-4-8-18(22)24/h3-8H,9-14H2,1-2H3,(H,25,29)(H,26,30). The highest BCUT2D eigenvalue weighted by atomic mass is 19.1. The van der Waals surface area contributed by atoms with E-state index in [2.05, 4.69) is 10.6 Å². The topological polar surface area (TPSA) is 64.7 Å². The van der Waals surface area contributed by atoms with Crippen LogP contribution >= 0.6 is 0 Å². The van der Waals surface area contributed by atoms with Gasteiger partial charge in [-0.25, -0.2) is 8.78 Å². The number of hydrogen-bond acceptors (Lipinski definition) is 4. The second-order valence-electron chi connectivity index (χ2n) is 7.51. The van der Waals surface area contributed by atoms with Gasteiger partial charge >= 0.3 is 0 Å². The monoisotopic (exact) mass is 416 g/mol. The summed E-state index contributed by atoms with van der Waals surface area (Å²) in [5.41, 5.74) is 2.46. The van der Waals surface area contributed by atoms with Gasteiger partial charge in [-0.3, -0.25) is 19.4 Å². The van der Waals surface area contributed by atoms with Crippen LogP contribution < -0.4 is 10.6 Å². The van der Waals surface area contributed by atoms with Gasteiger partial charge in [-0.05, 0) is 37.1 Å². The molecule has 1 fully saturated rings. The Morgan fingerprint density at radius 1 is 0.767 bits per heavy atom. The molecule has 160 valence electrons. The maximum Gasteiger partial charge on any atom is 0.238 e. The number of carbonyl (C=O) groups is 2. The molecule has 1 saturated heterocycles. The van der Waals surface area contributed by atoms with Crippen LogP contribution in [0.25, 0.3) is 0 Å². The van der Waals surface area contributed by atoms with Crippen molar-refractivity contribution in [2.24, 2.45) is 0 Å². The molecule has 0 saturated carbocycles. The number of hydrogen-bond donors (Lipinski definition) is 2. The molecule has 0 bridgehead atoms. The second-order valence-corrected chi connectivity index (χ2v) is 7.51. The van der Waals surface area contributed by atoms with Crippen molar-refractivity contribution in [1.82, 2.24) is 9.80 Å². The third kappa shape index (κ3) is 5.61. The normalized spacial score (nSPS) is 15.1. The van der Waals surface area contributed by atoms with E-state index in [9.17, 15) is 18.4 Å². The van der Waals surface area contributed by atoms with Gasteiger partial charge in [-0.1, -0.05) is 24.3 Å². The predicted octanol–water partition coefficient (Wildman–Crippen LogP) is 2.78. The van der Waals surface area contributed by atoms with Crippen molar-refractivity contribution in [3.8, 4) is 0 Å². The number of anilines is 2. The lowest BCUT2D eigenvalue weighted by Crippen LogP contribution is -2.50. The number of benzene rings is 2. The fourth-order valence-electron chi connectivity index (χ4n) is 3.50. The molecule has 0 unspecified atom stereocenters. The average Bonchev–Trinajstić information content (AvgIpc) is 2.69. The molecule has 1 aliphatic rings. The summed E-state index contributed by atoms with van der Waals surface area (Å²) in [6.45, 7) is 6.65. The first-order chi connectivity index (χ1) is 14.3. The summed E-state index contributed by atoms with van der Waals surface area (Å²) in [5.74, 6) is -2.15. The highest BCUT2D eigenvalue weighted by Crippen LogP contribution is 2.20. The molecule has 3 rings (SSSR count). The lowest BCUT2D eigenvalue weighted by Gasteiger charge is -2.33. The number of piperazine rings is 1. The summed E-state index contributed by atoms with van der Waals surface area (Å²) in [4.78, 5) is 28.5. The van der Waals surface area contributed by atoms with Crippen molar-refractivity contribution in [3.05, 3.63) is 59.2 Å². The highest BCUT2D eigenvalue weighted by Gasteiger charge is 2.22. The van der Waals surface area contributed by atoms with Crippen LogP contribution in [0.5, 0.6) is 0 Å². The van der Waals surface area contributed by atoms with Crippen molar-refractivity contribution in [3.63, 3.8) is 0 Å². The van der Waals surface area contributed by atoms with Crippen molar-refractivity contribution in [1.29, 1.82) is 0 Å². The predicted molar refractivity (Wildman–Crippen MR) is 112 cm³/mol. The molecule has 2 N–H and O–H groups in total. The molecular weight excluding hydrogens is 390 g/mol. The zero-order chi connectivity index (χ0) is 21.7. The van der Waals surface area contributed by atoms with Gasteiger partial charge in [0.05, 0.1) is 13.1 Å². The van der Waals surface area contributed by atoms with E-state index < -0.39 is 23.2 Å². The van der Waals surface area contributed by atoms with Crippen LogP contribution in [0.3, 0.4) is 0 Å². The maximum atomic E-state index is 13.7. The number of rotatable bonds is 6. The Morgan fingerprint density at radius 2 is 1.17 bits per heavy atom. The fourth-order valence-corrected chi connectivity index (χ4v) is 3.50.